The molecule has 3 rings (SSSR count). The SMILES string of the molecule is CC(C)Sc1cc(-c2ccc(CCN[C@@H](C)[C@@H](O)c3ccccc3)cc2)ccc1C(=O)NS(C)(=O)=O.Cl. The first kappa shape index (κ1) is 30.9. The molecule has 6 nitrogen and oxygen atoms in total. The van der Waals surface area contributed by atoms with Gasteiger partial charge in [0.15, 0.2) is 0 Å². The van der Waals surface area contributed by atoms with E-state index in [-0.39, 0.29) is 23.7 Å². The number of aliphatic hydroxyl groups excluding tert-OH is 1. The minimum absolute atomic E-state index is 0. The van der Waals surface area contributed by atoms with Gasteiger partial charge in [0, 0.05) is 16.2 Å². The van der Waals surface area contributed by atoms with Crippen LogP contribution in [0, 0.1) is 0 Å². The number of nitrogens with one attached hydrogen (secondary N) is 2. The molecule has 9 heteroatoms. The Labute approximate surface area is 230 Å². The fourth-order valence-corrected chi connectivity index (χ4v) is 5.26. The molecule has 0 aromatic heterocycles. The van der Waals surface area contributed by atoms with E-state index in [1.54, 1.807) is 6.07 Å². The first-order valence-electron chi connectivity index (χ1n) is 11.9. The van der Waals surface area contributed by atoms with Gasteiger partial charge in [0.1, 0.15) is 0 Å². The van der Waals surface area contributed by atoms with Crippen molar-refractivity contribution in [2.24, 2.45) is 0 Å². The Bertz CT molecular complexity index is 1270. The van der Waals surface area contributed by atoms with Gasteiger partial charge < -0.3 is 10.4 Å². The number of halogens is 1. The maximum atomic E-state index is 12.5. The number of carbonyl (C=O) groups is 1. The summed E-state index contributed by atoms with van der Waals surface area (Å²) in [6.07, 6.45) is 1.23. The molecule has 3 N–H and O–H groups in total. The topological polar surface area (TPSA) is 95.5 Å². The molecular formula is C28H35ClN2O4S2. The van der Waals surface area contributed by atoms with E-state index in [0.717, 1.165) is 40.8 Å². The van der Waals surface area contributed by atoms with Gasteiger partial charge in [0.2, 0.25) is 10.0 Å². The molecule has 200 valence electrons. The lowest BCUT2D eigenvalue weighted by Crippen LogP contribution is -2.33. The third-order valence-electron chi connectivity index (χ3n) is 5.65. The number of amides is 1. The summed E-state index contributed by atoms with van der Waals surface area (Å²) < 4.78 is 25.1. The molecule has 0 aliphatic carbocycles. The Morgan fingerprint density at radius 1 is 0.946 bits per heavy atom. The molecule has 3 aromatic rings. The highest BCUT2D eigenvalue weighted by atomic mass is 35.5. The maximum absolute atomic E-state index is 12.5. The van der Waals surface area contributed by atoms with E-state index in [0.29, 0.717) is 5.56 Å². The predicted molar refractivity (Wildman–Crippen MR) is 155 cm³/mol. The summed E-state index contributed by atoms with van der Waals surface area (Å²) in [5.41, 5.74) is 4.39. The molecule has 1 amide bonds. The maximum Gasteiger partial charge on any atom is 0.265 e. The number of benzene rings is 3. The lowest BCUT2D eigenvalue weighted by atomic mass is 10.0. The number of carbonyl (C=O) groups excluding carboxylic acids is 1. The minimum Gasteiger partial charge on any atom is -0.387 e. The van der Waals surface area contributed by atoms with E-state index in [1.807, 2.05) is 75.4 Å². The molecule has 0 radical (unpaired) electrons. The number of hydrogen-bond donors (Lipinski definition) is 3. The highest BCUT2D eigenvalue weighted by molar-refractivity contribution is 8.00. The minimum atomic E-state index is -3.64. The zero-order chi connectivity index (χ0) is 26.3. The number of thioether (sulfide) groups is 1. The second-order valence-corrected chi connectivity index (χ2v) is 12.5. The van der Waals surface area contributed by atoms with E-state index in [4.69, 9.17) is 0 Å². The third-order valence-corrected chi connectivity index (χ3v) is 7.27. The average molecular weight is 563 g/mol. The quantitative estimate of drug-likeness (QED) is 0.277. The fourth-order valence-electron chi connectivity index (χ4n) is 3.82. The summed E-state index contributed by atoms with van der Waals surface area (Å²) in [6, 6.07) is 23.3. The molecule has 0 saturated heterocycles. The second kappa shape index (κ2) is 14.0. The van der Waals surface area contributed by atoms with Crippen molar-refractivity contribution in [2.75, 3.05) is 12.8 Å². The normalized spacial score (nSPS) is 13.0. The van der Waals surface area contributed by atoms with Crippen LogP contribution < -0.4 is 10.0 Å². The predicted octanol–water partition coefficient (Wildman–Crippen LogP) is 5.22. The van der Waals surface area contributed by atoms with E-state index >= 15 is 0 Å². The first-order chi connectivity index (χ1) is 17.0. The standard InChI is InChI=1S/C28H34N2O4S2.ClH/c1-19(2)35-26-18-24(14-15-25(26)28(32)30-36(4,33)34)22-12-10-21(11-13-22)16-17-29-20(3)27(31)23-8-6-5-7-9-23;/h5-15,18-20,27,29,31H,16-17H2,1-4H3,(H,30,32);1H/t20-,27+;/m0./s1. The van der Waals surface area contributed by atoms with Crippen molar-refractivity contribution in [1.82, 2.24) is 10.0 Å². The van der Waals surface area contributed by atoms with E-state index in [1.165, 1.54) is 17.3 Å². The van der Waals surface area contributed by atoms with Crippen molar-refractivity contribution in [1.29, 1.82) is 0 Å². The van der Waals surface area contributed by atoms with Crippen LogP contribution in [0.2, 0.25) is 0 Å². The van der Waals surface area contributed by atoms with Crippen molar-refractivity contribution < 1.29 is 18.3 Å². The molecule has 0 spiro atoms. The first-order valence-corrected chi connectivity index (χ1v) is 14.7. The molecule has 0 heterocycles. The Morgan fingerprint density at radius 2 is 1.57 bits per heavy atom. The summed E-state index contributed by atoms with van der Waals surface area (Å²) in [5.74, 6) is -0.623. The van der Waals surface area contributed by atoms with Gasteiger partial charge in [-0.15, -0.1) is 24.2 Å². The highest BCUT2D eigenvalue weighted by Gasteiger charge is 2.18. The molecule has 0 bridgehead atoms. The van der Waals surface area contributed by atoms with Crippen LogP contribution in [0.1, 0.15) is 48.4 Å². The van der Waals surface area contributed by atoms with Crippen molar-refractivity contribution in [3.8, 4) is 11.1 Å². The van der Waals surface area contributed by atoms with E-state index < -0.39 is 22.0 Å². The summed E-state index contributed by atoms with van der Waals surface area (Å²) >= 11 is 1.52. The molecule has 0 fully saturated rings. The largest absolute Gasteiger partial charge is 0.387 e. The van der Waals surface area contributed by atoms with Crippen LogP contribution in [0.25, 0.3) is 11.1 Å². The molecule has 0 saturated carbocycles. The molecule has 0 aliphatic rings. The van der Waals surface area contributed by atoms with Gasteiger partial charge in [-0.1, -0.05) is 74.5 Å². The van der Waals surface area contributed by atoms with Gasteiger partial charge in [-0.2, -0.15) is 0 Å². The number of aliphatic hydroxyl groups is 1. The Kier molecular flexibility index (Phi) is 11.7. The second-order valence-electron chi connectivity index (χ2n) is 9.13. The number of hydrogen-bond acceptors (Lipinski definition) is 6. The molecular weight excluding hydrogens is 528 g/mol. The van der Waals surface area contributed by atoms with Crippen LogP contribution in [-0.2, 0) is 16.4 Å². The van der Waals surface area contributed by atoms with Gasteiger partial charge in [0.25, 0.3) is 5.91 Å². The third kappa shape index (κ3) is 9.47. The van der Waals surface area contributed by atoms with Crippen LogP contribution in [0.5, 0.6) is 0 Å². The zero-order valence-corrected chi connectivity index (χ0v) is 23.9. The smallest absolute Gasteiger partial charge is 0.265 e. The lowest BCUT2D eigenvalue weighted by molar-refractivity contribution is 0.0979. The number of rotatable bonds is 11. The van der Waals surface area contributed by atoms with Crippen LogP contribution >= 0.6 is 24.2 Å². The summed E-state index contributed by atoms with van der Waals surface area (Å²) in [6.45, 7) is 6.77. The Morgan fingerprint density at radius 3 is 2.16 bits per heavy atom. The summed E-state index contributed by atoms with van der Waals surface area (Å²) in [4.78, 5) is 13.2. The monoisotopic (exact) mass is 562 g/mol. The highest BCUT2D eigenvalue weighted by Crippen LogP contribution is 2.32. The van der Waals surface area contributed by atoms with Crippen molar-refractivity contribution in [3.05, 3.63) is 89.5 Å². The van der Waals surface area contributed by atoms with Crippen LogP contribution in [0.4, 0.5) is 0 Å². The van der Waals surface area contributed by atoms with Crippen molar-refractivity contribution in [3.63, 3.8) is 0 Å². The van der Waals surface area contributed by atoms with Gasteiger partial charge >= 0.3 is 0 Å². The van der Waals surface area contributed by atoms with Crippen LogP contribution in [-0.4, -0.2) is 43.5 Å². The average Bonchev–Trinajstić information content (AvgIpc) is 2.83. The summed E-state index contributed by atoms with van der Waals surface area (Å²) in [7, 11) is -3.64. The van der Waals surface area contributed by atoms with Crippen LogP contribution in [0.3, 0.4) is 0 Å². The van der Waals surface area contributed by atoms with E-state index in [9.17, 15) is 18.3 Å². The van der Waals surface area contributed by atoms with Gasteiger partial charge in [0.05, 0.1) is 17.9 Å². The molecule has 0 aliphatic heterocycles. The molecule has 2 atom stereocenters. The van der Waals surface area contributed by atoms with Gasteiger partial charge in [-0.25, -0.2) is 13.1 Å². The molecule has 3 aromatic carbocycles. The zero-order valence-electron chi connectivity index (χ0n) is 21.5. The van der Waals surface area contributed by atoms with Gasteiger partial charge in [-0.05, 0) is 54.3 Å². The molecule has 37 heavy (non-hydrogen) atoms. The van der Waals surface area contributed by atoms with E-state index in [2.05, 4.69) is 22.2 Å². The Balaban J connectivity index is 0.00000481. The fraction of sp³-hybridized carbons (Fsp3) is 0.321. The summed E-state index contributed by atoms with van der Waals surface area (Å²) in [5, 5.41) is 14.1. The van der Waals surface area contributed by atoms with Crippen molar-refractivity contribution >= 4 is 40.1 Å². The van der Waals surface area contributed by atoms with Gasteiger partial charge in [-0.3, -0.25) is 4.79 Å². The Hall–Kier alpha value is -2.36. The van der Waals surface area contributed by atoms with Crippen LogP contribution in [0.15, 0.2) is 77.7 Å². The van der Waals surface area contributed by atoms with Crippen molar-refractivity contribution in [2.45, 2.75) is 49.5 Å². The molecule has 0 unspecified atom stereocenters. The lowest BCUT2D eigenvalue weighted by Gasteiger charge is -2.20. The number of sulfonamides is 1.